The zero-order valence-electron chi connectivity index (χ0n) is 15.4. The Morgan fingerprint density at radius 2 is 2.18 bits per heavy atom. The topological polar surface area (TPSA) is 67.4 Å². The Morgan fingerprint density at radius 3 is 3.07 bits per heavy atom. The molecule has 1 atom stereocenters. The second-order valence-electron chi connectivity index (χ2n) is 6.62. The highest BCUT2D eigenvalue weighted by Crippen LogP contribution is 2.27. The lowest BCUT2D eigenvalue weighted by atomic mass is 10.2. The van der Waals surface area contributed by atoms with E-state index in [9.17, 15) is 4.79 Å². The number of hydrogen-bond acceptors (Lipinski definition) is 7. The molecule has 1 unspecified atom stereocenters. The first kappa shape index (κ1) is 19.3. The lowest BCUT2D eigenvalue weighted by molar-refractivity contribution is -0.119. The fraction of sp³-hybridized carbons (Fsp3) is 0.350. The predicted octanol–water partition coefficient (Wildman–Crippen LogP) is 2.80. The molecule has 1 N–H and O–H groups in total. The van der Waals surface area contributed by atoms with Crippen molar-refractivity contribution in [3.8, 4) is 0 Å². The number of thioether (sulfide) groups is 1. The van der Waals surface area contributed by atoms with Gasteiger partial charge in [-0.05, 0) is 17.0 Å². The summed E-state index contributed by atoms with van der Waals surface area (Å²) in [7, 11) is 0. The highest BCUT2D eigenvalue weighted by molar-refractivity contribution is 8.00. The number of rotatable bonds is 7. The van der Waals surface area contributed by atoms with Crippen molar-refractivity contribution in [2.24, 2.45) is 0 Å². The van der Waals surface area contributed by atoms with Gasteiger partial charge in [-0.1, -0.05) is 42.1 Å². The van der Waals surface area contributed by atoms with Crippen molar-refractivity contribution in [2.75, 3.05) is 32.0 Å². The number of hydrogen-bond donors (Lipinski definition) is 1. The number of carbonyl (C=O) groups excluding carboxylic acids is 1. The average Bonchev–Trinajstić information content (AvgIpc) is 3.21. The van der Waals surface area contributed by atoms with E-state index in [1.807, 2.05) is 17.5 Å². The average molecular weight is 415 g/mol. The van der Waals surface area contributed by atoms with Crippen molar-refractivity contribution < 1.29 is 9.53 Å². The third-order valence-electron chi connectivity index (χ3n) is 4.56. The number of nitrogens with zero attached hydrogens (tertiary/aromatic N) is 3. The van der Waals surface area contributed by atoms with E-state index in [0.29, 0.717) is 18.9 Å². The molecule has 8 heteroatoms. The Balaban J connectivity index is 1.22. The molecular formula is C20H22N4O2S2. The highest BCUT2D eigenvalue weighted by Gasteiger charge is 2.21. The van der Waals surface area contributed by atoms with Gasteiger partial charge in [-0.15, -0.1) is 11.3 Å². The Bertz CT molecular complexity index is 919. The van der Waals surface area contributed by atoms with Gasteiger partial charge in [-0.25, -0.2) is 9.97 Å². The molecular weight excluding hydrogens is 392 g/mol. The minimum atomic E-state index is -0.00391. The van der Waals surface area contributed by atoms with Crippen LogP contribution >= 0.6 is 23.1 Å². The van der Waals surface area contributed by atoms with Gasteiger partial charge in [0.2, 0.25) is 5.91 Å². The quantitative estimate of drug-likeness (QED) is 0.474. The minimum Gasteiger partial charge on any atom is -0.374 e. The fourth-order valence-corrected chi connectivity index (χ4v) is 4.79. The predicted molar refractivity (Wildman–Crippen MR) is 113 cm³/mol. The largest absolute Gasteiger partial charge is 0.374 e. The molecule has 1 aliphatic heterocycles. The SMILES string of the molecule is O=C(CSc1ncnc2sccc12)NCC1CN(Cc2ccccc2)CCO1. The number of amides is 1. The van der Waals surface area contributed by atoms with E-state index in [4.69, 9.17) is 4.74 Å². The third-order valence-corrected chi connectivity index (χ3v) is 6.39. The van der Waals surface area contributed by atoms with E-state index in [1.54, 1.807) is 17.7 Å². The maximum absolute atomic E-state index is 12.3. The van der Waals surface area contributed by atoms with Crippen molar-refractivity contribution in [1.29, 1.82) is 0 Å². The molecule has 0 saturated carbocycles. The first-order chi connectivity index (χ1) is 13.8. The monoisotopic (exact) mass is 414 g/mol. The van der Waals surface area contributed by atoms with Crippen LogP contribution in [0.1, 0.15) is 5.56 Å². The zero-order valence-corrected chi connectivity index (χ0v) is 17.0. The Kier molecular flexibility index (Phi) is 6.53. The molecule has 1 aromatic carbocycles. The van der Waals surface area contributed by atoms with Crippen LogP contribution in [0.2, 0.25) is 0 Å². The van der Waals surface area contributed by atoms with E-state index in [-0.39, 0.29) is 12.0 Å². The Morgan fingerprint density at radius 1 is 1.29 bits per heavy atom. The van der Waals surface area contributed by atoms with Crippen molar-refractivity contribution in [3.63, 3.8) is 0 Å². The Labute approximate surface area is 172 Å². The van der Waals surface area contributed by atoms with Gasteiger partial charge in [-0.3, -0.25) is 9.69 Å². The molecule has 28 heavy (non-hydrogen) atoms. The summed E-state index contributed by atoms with van der Waals surface area (Å²) in [6.45, 7) is 3.87. The molecule has 3 heterocycles. The van der Waals surface area contributed by atoms with Gasteiger partial charge in [0, 0.05) is 31.6 Å². The molecule has 1 amide bonds. The molecule has 0 bridgehead atoms. The summed E-state index contributed by atoms with van der Waals surface area (Å²) < 4.78 is 5.82. The lowest BCUT2D eigenvalue weighted by Gasteiger charge is -2.33. The summed E-state index contributed by atoms with van der Waals surface area (Å²) >= 11 is 3.02. The van der Waals surface area contributed by atoms with Gasteiger partial charge in [0.25, 0.3) is 0 Å². The van der Waals surface area contributed by atoms with Gasteiger partial charge in [-0.2, -0.15) is 0 Å². The number of morpholine rings is 1. The maximum atomic E-state index is 12.3. The third kappa shape index (κ3) is 5.08. The summed E-state index contributed by atoms with van der Waals surface area (Å²) in [6, 6.07) is 12.4. The normalized spacial score (nSPS) is 17.6. The molecule has 0 spiro atoms. The molecule has 3 aromatic rings. The van der Waals surface area contributed by atoms with E-state index < -0.39 is 0 Å². The number of fused-ring (bicyclic) bond motifs is 1. The van der Waals surface area contributed by atoms with Gasteiger partial charge in [0.15, 0.2) is 0 Å². The molecule has 1 saturated heterocycles. The molecule has 4 rings (SSSR count). The molecule has 1 fully saturated rings. The summed E-state index contributed by atoms with van der Waals surface area (Å²) in [6.07, 6.45) is 1.57. The summed E-state index contributed by atoms with van der Waals surface area (Å²) in [5.41, 5.74) is 1.30. The van der Waals surface area contributed by atoms with Crippen LogP contribution < -0.4 is 5.32 Å². The Hall–Kier alpha value is -2.00. The number of aromatic nitrogens is 2. The summed E-state index contributed by atoms with van der Waals surface area (Å²) in [5.74, 6) is 0.332. The first-order valence-corrected chi connectivity index (χ1v) is 11.1. The maximum Gasteiger partial charge on any atom is 0.230 e. The van der Waals surface area contributed by atoms with Crippen LogP contribution in [0, 0.1) is 0 Å². The standard InChI is InChI=1S/C20H22N4O2S2/c25-18(13-28-20-17-6-9-27-19(17)22-14-23-20)21-10-16-12-24(7-8-26-16)11-15-4-2-1-3-5-15/h1-6,9,14,16H,7-8,10-13H2,(H,21,25). The van der Waals surface area contributed by atoms with Crippen LogP contribution in [0.3, 0.4) is 0 Å². The second-order valence-corrected chi connectivity index (χ2v) is 8.48. The number of thiophene rings is 1. The fourth-order valence-electron chi connectivity index (χ4n) is 3.18. The molecule has 1 aliphatic rings. The lowest BCUT2D eigenvalue weighted by Crippen LogP contribution is -2.47. The van der Waals surface area contributed by atoms with Crippen molar-refractivity contribution in [2.45, 2.75) is 17.7 Å². The zero-order chi connectivity index (χ0) is 19.2. The summed E-state index contributed by atoms with van der Waals surface area (Å²) in [5, 5.41) is 6.85. The number of carbonyl (C=O) groups is 1. The molecule has 0 aliphatic carbocycles. The molecule has 0 radical (unpaired) electrons. The highest BCUT2D eigenvalue weighted by atomic mass is 32.2. The van der Waals surface area contributed by atoms with Gasteiger partial charge in [0.1, 0.15) is 16.2 Å². The number of benzene rings is 1. The van der Waals surface area contributed by atoms with Crippen molar-refractivity contribution in [1.82, 2.24) is 20.2 Å². The smallest absolute Gasteiger partial charge is 0.230 e. The van der Waals surface area contributed by atoms with Gasteiger partial charge >= 0.3 is 0 Å². The minimum absolute atomic E-state index is 0.00391. The first-order valence-electron chi connectivity index (χ1n) is 9.23. The van der Waals surface area contributed by atoms with Crippen LogP contribution in [0.25, 0.3) is 10.2 Å². The molecule has 146 valence electrons. The van der Waals surface area contributed by atoms with E-state index in [2.05, 4.69) is 44.5 Å². The van der Waals surface area contributed by atoms with Crippen LogP contribution in [-0.2, 0) is 16.1 Å². The van der Waals surface area contributed by atoms with E-state index in [1.165, 1.54) is 17.3 Å². The summed E-state index contributed by atoms with van der Waals surface area (Å²) in [4.78, 5) is 24.1. The van der Waals surface area contributed by atoms with E-state index >= 15 is 0 Å². The van der Waals surface area contributed by atoms with Gasteiger partial charge in [0.05, 0.1) is 18.5 Å². The molecule has 6 nitrogen and oxygen atoms in total. The second kappa shape index (κ2) is 9.47. The van der Waals surface area contributed by atoms with Crippen LogP contribution in [0.5, 0.6) is 0 Å². The van der Waals surface area contributed by atoms with Crippen molar-refractivity contribution in [3.05, 3.63) is 53.7 Å². The number of nitrogens with one attached hydrogen (secondary N) is 1. The van der Waals surface area contributed by atoms with Crippen molar-refractivity contribution >= 4 is 39.2 Å². The van der Waals surface area contributed by atoms with Crippen LogP contribution in [-0.4, -0.2) is 58.9 Å². The molecule has 2 aromatic heterocycles. The van der Waals surface area contributed by atoms with Gasteiger partial charge < -0.3 is 10.1 Å². The van der Waals surface area contributed by atoms with Crippen LogP contribution in [0.15, 0.2) is 53.1 Å². The number of ether oxygens (including phenoxy) is 1. The van der Waals surface area contributed by atoms with E-state index in [0.717, 1.165) is 34.9 Å². The van der Waals surface area contributed by atoms with Crippen LogP contribution in [0.4, 0.5) is 0 Å².